The number of hydrogen-bond acceptors (Lipinski definition) is 4. The molecular formula is C14H14O4S2. The summed E-state index contributed by atoms with van der Waals surface area (Å²) in [5.74, 6) is -1.71. The SMILES string of the molecule is C=Cc1cscc1C(=O)O.CCc1cscc1C(=O)O. The van der Waals surface area contributed by atoms with E-state index in [0.717, 1.165) is 12.0 Å². The summed E-state index contributed by atoms with van der Waals surface area (Å²) in [4.78, 5) is 20.8. The molecule has 0 unspecified atom stereocenters. The maximum absolute atomic E-state index is 10.4. The first kappa shape index (κ1) is 16.1. The lowest BCUT2D eigenvalue weighted by Gasteiger charge is -1.91. The van der Waals surface area contributed by atoms with Crippen LogP contribution in [0.3, 0.4) is 0 Å². The Hall–Kier alpha value is -1.92. The Morgan fingerprint density at radius 3 is 2.05 bits per heavy atom. The molecule has 0 aromatic carbocycles. The summed E-state index contributed by atoms with van der Waals surface area (Å²) in [5, 5.41) is 24.0. The summed E-state index contributed by atoms with van der Waals surface area (Å²) < 4.78 is 0. The third kappa shape index (κ3) is 4.04. The highest BCUT2D eigenvalue weighted by Crippen LogP contribution is 2.16. The van der Waals surface area contributed by atoms with E-state index in [1.165, 1.54) is 22.7 Å². The van der Waals surface area contributed by atoms with Gasteiger partial charge in [-0.25, -0.2) is 9.59 Å². The van der Waals surface area contributed by atoms with Crippen LogP contribution in [0.25, 0.3) is 6.08 Å². The van der Waals surface area contributed by atoms with Crippen molar-refractivity contribution in [2.75, 3.05) is 0 Å². The first-order chi connectivity index (χ1) is 9.51. The van der Waals surface area contributed by atoms with Crippen LogP contribution in [0.5, 0.6) is 0 Å². The number of carbonyl (C=O) groups is 2. The zero-order valence-corrected chi connectivity index (χ0v) is 12.5. The zero-order valence-electron chi connectivity index (χ0n) is 10.8. The van der Waals surface area contributed by atoms with Gasteiger partial charge in [-0.05, 0) is 28.3 Å². The summed E-state index contributed by atoms with van der Waals surface area (Å²) in [5.41, 5.74) is 2.41. The second kappa shape index (κ2) is 7.62. The number of aromatic carboxylic acids is 2. The molecule has 0 radical (unpaired) electrons. The largest absolute Gasteiger partial charge is 0.478 e. The van der Waals surface area contributed by atoms with Crippen molar-refractivity contribution in [3.63, 3.8) is 0 Å². The van der Waals surface area contributed by atoms with E-state index in [4.69, 9.17) is 10.2 Å². The molecule has 2 aromatic rings. The predicted molar refractivity (Wildman–Crippen MR) is 82.0 cm³/mol. The number of rotatable bonds is 4. The third-order valence-electron chi connectivity index (χ3n) is 2.50. The highest BCUT2D eigenvalue weighted by Gasteiger charge is 2.08. The summed E-state index contributed by atoms with van der Waals surface area (Å²) in [6, 6.07) is 0. The fraction of sp³-hybridized carbons (Fsp3) is 0.143. The van der Waals surface area contributed by atoms with Gasteiger partial charge in [0.2, 0.25) is 0 Å². The summed E-state index contributed by atoms with van der Waals surface area (Å²) in [6.45, 7) is 5.44. The molecule has 2 aromatic heterocycles. The van der Waals surface area contributed by atoms with Crippen molar-refractivity contribution < 1.29 is 19.8 Å². The molecule has 0 amide bonds. The first-order valence-corrected chi connectivity index (χ1v) is 7.60. The van der Waals surface area contributed by atoms with Gasteiger partial charge in [-0.15, -0.1) is 0 Å². The van der Waals surface area contributed by atoms with Gasteiger partial charge in [-0.2, -0.15) is 22.7 Å². The number of carboxylic acid groups (broad SMARTS) is 2. The van der Waals surface area contributed by atoms with Crippen LogP contribution in [-0.2, 0) is 6.42 Å². The molecule has 4 nitrogen and oxygen atoms in total. The minimum atomic E-state index is -0.892. The molecule has 2 rings (SSSR count). The van der Waals surface area contributed by atoms with E-state index in [-0.39, 0.29) is 0 Å². The smallest absolute Gasteiger partial charge is 0.337 e. The van der Waals surface area contributed by atoms with E-state index >= 15 is 0 Å². The van der Waals surface area contributed by atoms with Gasteiger partial charge in [-0.3, -0.25) is 0 Å². The molecular weight excluding hydrogens is 296 g/mol. The molecule has 0 fully saturated rings. The fourth-order valence-electron chi connectivity index (χ4n) is 1.42. The Morgan fingerprint density at radius 1 is 1.10 bits per heavy atom. The van der Waals surface area contributed by atoms with Crippen molar-refractivity contribution in [1.82, 2.24) is 0 Å². The van der Waals surface area contributed by atoms with Crippen LogP contribution in [0.2, 0.25) is 0 Å². The average molecular weight is 310 g/mol. The molecule has 0 saturated heterocycles. The van der Waals surface area contributed by atoms with E-state index in [1.807, 2.05) is 12.3 Å². The summed E-state index contributed by atoms with van der Waals surface area (Å²) in [7, 11) is 0. The highest BCUT2D eigenvalue weighted by molar-refractivity contribution is 7.08. The standard InChI is InChI=1S/C7H8O2S.C7H6O2S/c2*1-2-5-3-10-4-6(5)7(8)9/h3-4H,2H2,1H3,(H,8,9);2-4H,1H2,(H,8,9). The molecule has 0 bridgehead atoms. The number of aryl methyl sites for hydroxylation is 1. The Kier molecular flexibility index (Phi) is 6.14. The van der Waals surface area contributed by atoms with Crippen molar-refractivity contribution in [1.29, 1.82) is 0 Å². The third-order valence-corrected chi connectivity index (χ3v) is 4.05. The highest BCUT2D eigenvalue weighted by atomic mass is 32.1. The fourth-order valence-corrected chi connectivity index (χ4v) is 3.15. The van der Waals surface area contributed by atoms with E-state index in [1.54, 1.807) is 22.2 Å². The van der Waals surface area contributed by atoms with Crippen LogP contribution in [0.4, 0.5) is 0 Å². The van der Waals surface area contributed by atoms with E-state index < -0.39 is 11.9 Å². The summed E-state index contributed by atoms with van der Waals surface area (Å²) >= 11 is 2.81. The molecule has 0 aliphatic carbocycles. The molecule has 0 spiro atoms. The summed E-state index contributed by atoms with van der Waals surface area (Å²) in [6.07, 6.45) is 2.34. The first-order valence-electron chi connectivity index (χ1n) is 5.71. The van der Waals surface area contributed by atoms with E-state index in [9.17, 15) is 9.59 Å². The van der Waals surface area contributed by atoms with Crippen molar-refractivity contribution in [2.24, 2.45) is 0 Å². The molecule has 2 N–H and O–H groups in total. The Labute approximate surface area is 124 Å². The van der Waals surface area contributed by atoms with E-state index in [0.29, 0.717) is 16.7 Å². The minimum absolute atomic E-state index is 0.333. The second-order valence-corrected chi connectivity index (χ2v) is 5.21. The molecule has 2 heterocycles. The van der Waals surface area contributed by atoms with Gasteiger partial charge in [0.1, 0.15) is 0 Å². The lowest BCUT2D eigenvalue weighted by atomic mass is 10.1. The number of hydrogen-bond donors (Lipinski definition) is 2. The molecule has 20 heavy (non-hydrogen) atoms. The van der Waals surface area contributed by atoms with Crippen LogP contribution >= 0.6 is 22.7 Å². The quantitative estimate of drug-likeness (QED) is 0.891. The molecule has 0 aliphatic rings. The van der Waals surface area contributed by atoms with Crippen LogP contribution in [0, 0.1) is 0 Å². The zero-order chi connectivity index (χ0) is 15.1. The molecule has 0 aliphatic heterocycles. The van der Waals surface area contributed by atoms with Crippen molar-refractivity contribution in [3.8, 4) is 0 Å². The predicted octanol–water partition coefficient (Wildman–Crippen LogP) is 4.10. The van der Waals surface area contributed by atoms with Gasteiger partial charge >= 0.3 is 11.9 Å². The molecule has 106 valence electrons. The lowest BCUT2D eigenvalue weighted by molar-refractivity contribution is 0.0686. The Morgan fingerprint density at radius 2 is 1.65 bits per heavy atom. The Balaban J connectivity index is 0.000000200. The van der Waals surface area contributed by atoms with Crippen LogP contribution in [0.15, 0.2) is 28.1 Å². The van der Waals surface area contributed by atoms with Gasteiger partial charge in [-0.1, -0.05) is 19.6 Å². The second-order valence-electron chi connectivity index (χ2n) is 3.72. The number of thiophene rings is 2. The molecule has 0 atom stereocenters. The average Bonchev–Trinajstić information content (AvgIpc) is 3.07. The van der Waals surface area contributed by atoms with Crippen molar-refractivity contribution in [3.05, 3.63) is 50.4 Å². The lowest BCUT2D eigenvalue weighted by Crippen LogP contribution is -1.96. The monoisotopic (exact) mass is 310 g/mol. The maximum Gasteiger partial charge on any atom is 0.337 e. The van der Waals surface area contributed by atoms with Crippen LogP contribution in [0.1, 0.15) is 38.8 Å². The van der Waals surface area contributed by atoms with Crippen molar-refractivity contribution in [2.45, 2.75) is 13.3 Å². The van der Waals surface area contributed by atoms with E-state index in [2.05, 4.69) is 6.58 Å². The minimum Gasteiger partial charge on any atom is -0.478 e. The van der Waals surface area contributed by atoms with Gasteiger partial charge in [0, 0.05) is 10.8 Å². The van der Waals surface area contributed by atoms with Gasteiger partial charge in [0.05, 0.1) is 11.1 Å². The van der Waals surface area contributed by atoms with Crippen molar-refractivity contribution >= 4 is 40.7 Å². The molecule has 0 saturated carbocycles. The molecule has 6 heteroatoms. The maximum atomic E-state index is 10.4. The number of carboxylic acids is 2. The normalized spacial score (nSPS) is 9.45. The Bertz CT molecular complexity index is 610. The van der Waals surface area contributed by atoms with Gasteiger partial charge < -0.3 is 10.2 Å². The van der Waals surface area contributed by atoms with Gasteiger partial charge in [0.15, 0.2) is 0 Å². The van der Waals surface area contributed by atoms with Crippen LogP contribution in [-0.4, -0.2) is 22.2 Å². The topological polar surface area (TPSA) is 74.6 Å². The van der Waals surface area contributed by atoms with Gasteiger partial charge in [0.25, 0.3) is 0 Å². The van der Waals surface area contributed by atoms with Crippen LogP contribution < -0.4 is 0 Å².